The molecular formula is C15H20F2O2. The van der Waals surface area contributed by atoms with Crippen LogP contribution < -0.4 is 0 Å². The first-order valence-electron chi connectivity index (χ1n) is 6.31. The Labute approximate surface area is 112 Å². The van der Waals surface area contributed by atoms with Gasteiger partial charge in [-0.1, -0.05) is 20.8 Å². The molecule has 0 radical (unpaired) electrons. The summed E-state index contributed by atoms with van der Waals surface area (Å²) in [6, 6.07) is 2.92. The zero-order chi connectivity index (χ0) is 14.6. The number of ether oxygens (including phenoxy) is 1. The highest BCUT2D eigenvalue weighted by Crippen LogP contribution is 2.19. The van der Waals surface area contributed by atoms with Crippen molar-refractivity contribution in [3.05, 3.63) is 35.4 Å². The number of Topliss-reactive ketones (excluding diaryl/α,β-unsaturated/α-hetero) is 1. The van der Waals surface area contributed by atoms with E-state index in [1.807, 2.05) is 0 Å². The van der Waals surface area contributed by atoms with Crippen LogP contribution in [0.1, 0.15) is 44.5 Å². The maximum atomic E-state index is 13.5. The highest BCUT2D eigenvalue weighted by atomic mass is 19.1. The molecule has 19 heavy (non-hydrogen) atoms. The van der Waals surface area contributed by atoms with Crippen molar-refractivity contribution >= 4 is 5.78 Å². The molecule has 0 heterocycles. The van der Waals surface area contributed by atoms with Gasteiger partial charge in [0.05, 0.1) is 5.56 Å². The molecule has 1 unspecified atom stereocenters. The van der Waals surface area contributed by atoms with Crippen molar-refractivity contribution in [3.63, 3.8) is 0 Å². The van der Waals surface area contributed by atoms with Crippen molar-refractivity contribution in [2.45, 2.75) is 40.2 Å². The first-order valence-corrected chi connectivity index (χ1v) is 6.31. The number of ketones is 1. The van der Waals surface area contributed by atoms with E-state index in [1.54, 1.807) is 6.92 Å². The number of carbonyl (C=O) groups is 1. The van der Waals surface area contributed by atoms with Crippen LogP contribution >= 0.6 is 0 Å². The van der Waals surface area contributed by atoms with Crippen LogP contribution in [0.15, 0.2) is 18.2 Å². The van der Waals surface area contributed by atoms with E-state index in [2.05, 4.69) is 20.8 Å². The Hall–Kier alpha value is -1.29. The average molecular weight is 270 g/mol. The van der Waals surface area contributed by atoms with Gasteiger partial charge >= 0.3 is 0 Å². The summed E-state index contributed by atoms with van der Waals surface area (Å²) in [5.41, 5.74) is -0.0196. The summed E-state index contributed by atoms with van der Waals surface area (Å²) in [4.78, 5) is 11.9. The van der Waals surface area contributed by atoms with Crippen LogP contribution in [0.2, 0.25) is 0 Å². The van der Waals surface area contributed by atoms with E-state index in [9.17, 15) is 13.6 Å². The van der Waals surface area contributed by atoms with Crippen molar-refractivity contribution in [2.75, 3.05) is 6.61 Å². The molecule has 2 nitrogen and oxygen atoms in total. The normalized spacial score (nSPS) is 13.4. The molecule has 1 atom stereocenters. The predicted molar refractivity (Wildman–Crippen MR) is 70.2 cm³/mol. The maximum absolute atomic E-state index is 13.5. The predicted octanol–water partition coefficient (Wildman–Crippen LogP) is 3.99. The van der Waals surface area contributed by atoms with Gasteiger partial charge in [0.1, 0.15) is 17.7 Å². The maximum Gasteiger partial charge on any atom is 0.194 e. The van der Waals surface area contributed by atoms with Crippen LogP contribution in [0.5, 0.6) is 0 Å². The first-order chi connectivity index (χ1) is 8.70. The van der Waals surface area contributed by atoms with E-state index in [0.717, 1.165) is 18.6 Å². The Morgan fingerprint density at radius 3 is 2.47 bits per heavy atom. The van der Waals surface area contributed by atoms with E-state index in [4.69, 9.17) is 4.74 Å². The Balaban J connectivity index is 2.62. The number of hydrogen-bond donors (Lipinski definition) is 0. The van der Waals surface area contributed by atoms with Gasteiger partial charge in [-0.25, -0.2) is 8.78 Å². The fraction of sp³-hybridized carbons (Fsp3) is 0.533. The fourth-order valence-corrected chi connectivity index (χ4v) is 1.53. The van der Waals surface area contributed by atoms with E-state index < -0.39 is 23.5 Å². The van der Waals surface area contributed by atoms with E-state index in [1.165, 1.54) is 0 Å². The van der Waals surface area contributed by atoms with Crippen LogP contribution in [0.4, 0.5) is 8.78 Å². The second kappa shape index (κ2) is 6.24. The summed E-state index contributed by atoms with van der Waals surface area (Å²) in [5.74, 6) is -2.02. The van der Waals surface area contributed by atoms with Gasteiger partial charge in [0.15, 0.2) is 5.78 Å². The summed E-state index contributed by atoms with van der Waals surface area (Å²) in [7, 11) is 0. The Bertz CT molecular complexity index is 450. The topological polar surface area (TPSA) is 26.3 Å². The molecule has 0 aliphatic heterocycles. The molecule has 4 heteroatoms. The Morgan fingerprint density at radius 2 is 1.95 bits per heavy atom. The van der Waals surface area contributed by atoms with Gasteiger partial charge in [-0.3, -0.25) is 4.79 Å². The van der Waals surface area contributed by atoms with Crippen LogP contribution in [0.25, 0.3) is 0 Å². The third-order valence-electron chi connectivity index (χ3n) is 2.79. The molecule has 1 aromatic carbocycles. The third kappa shape index (κ3) is 5.07. The Morgan fingerprint density at radius 1 is 1.32 bits per heavy atom. The van der Waals surface area contributed by atoms with Crippen molar-refractivity contribution in [3.8, 4) is 0 Å². The molecule has 0 aliphatic carbocycles. The van der Waals surface area contributed by atoms with Crippen LogP contribution in [0.3, 0.4) is 0 Å². The van der Waals surface area contributed by atoms with E-state index in [-0.39, 0.29) is 11.0 Å². The van der Waals surface area contributed by atoms with E-state index in [0.29, 0.717) is 12.7 Å². The molecule has 0 bridgehead atoms. The SMILES string of the molecule is CC(OCCC(C)(C)C)C(=O)c1ccc(F)cc1F. The highest BCUT2D eigenvalue weighted by molar-refractivity contribution is 5.99. The molecular weight excluding hydrogens is 250 g/mol. The van der Waals surface area contributed by atoms with Gasteiger partial charge in [0.25, 0.3) is 0 Å². The van der Waals surface area contributed by atoms with Crippen LogP contribution in [0, 0.1) is 17.0 Å². The van der Waals surface area contributed by atoms with Gasteiger partial charge in [-0.15, -0.1) is 0 Å². The summed E-state index contributed by atoms with van der Waals surface area (Å²) in [6.45, 7) is 8.22. The molecule has 0 saturated carbocycles. The third-order valence-corrected chi connectivity index (χ3v) is 2.79. The number of hydrogen-bond acceptors (Lipinski definition) is 2. The standard InChI is InChI=1S/C15H20F2O2/c1-10(19-8-7-15(2,3)4)14(18)12-6-5-11(16)9-13(12)17/h5-6,9-10H,7-8H2,1-4H3. The molecule has 0 saturated heterocycles. The van der Waals surface area contributed by atoms with E-state index >= 15 is 0 Å². The number of rotatable bonds is 5. The molecule has 0 fully saturated rings. The lowest BCUT2D eigenvalue weighted by atomic mass is 9.93. The smallest absolute Gasteiger partial charge is 0.194 e. The molecule has 1 rings (SSSR count). The summed E-state index contributed by atoms with van der Waals surface area (Å²) < 4.78 is 31.6. The van der Waals surface area contributed by atoms with Gasteiger partial charge in [-0.2, -0.15) is 0 Å². The van der Waals surface area contributed by atoms with Crippen LogP contribution in [-0.2, 0) is 4.74 Å². The van der Waals surface area contributed by atoms with Crippen molar-refractivity contribution < 1.29 is 18.3 Å². The molecule has 0 aromatic heterocycles. The molecule has 1 aromatic rings. The highest BCUT2D eigenvalue weighted by Gasteiger charge is 2.20. The lowest BCUT2D eigenvalue weighted by Crippen LogP contribution is -2.24. The zero-order valence-electron chi connectivity index (χ0n) is 11.8. The van der Waals surface area contributed by atoms with Crippen molar-refractivity contribution in [1.82, 2.24) is 0 Å². The zero-order valence-corrected chi connectivity index (χ0v) is 11.8. The number of carbonyl (C=O) groups excluding carboxylic acids is 1. The quantitative estimate of drug-likeness (QED) is 0.756. The van der Waals surface area contributed by atoms with Gasteiger partial charge in [0, 0.05) is 12.7 Å². The first kappa shape index (κ1) is 15.8. The average Bonchev–Trinajstić information content (AvgIpc) is 2.26. The largest absolute Gasteiger partial charge is 0.370 e. The lowest BCUT2D eigenvalue weighted by Gasteiger charge is -2.19. The number of benzene rings is 1. The van der Waals surface area contributed by atoms with Crippen molar-refractivity contribution in [2.24, 2.45) is 5.41 Å². The fourth-order valence-electron chi connectivity index (χ4n) is 1.53. The molecule has 106 valence electrons. The minimum atomic E-state index is -0.851. The molecule has 0 aliphatic rings. The lowest BCUT2D eigenvalue weighted by molar-refractivity contribution is 0.0390. The monoisotopic (exact) mass is 270 g/mol. The number of halogens is 2. The minimum Gasteiger partial charge on any atom is -0.370 e. The second-order valence-corrected chi connectivity index (χ2v) is 5.81. The molecule has 0 spiro atoms. The summed E-state index contributed by atoms with van der Waals surface area (Å²) in [6.07, 6.45) is 0.0681. The Kier molecular flexibility index (Phi) is 5.18. The van der Waals surface area contributed by atoms with Gasteiger partial charge in [0.2, 0.25) is 0 Å². The van der Waals surface area contributed by atoms with Gasteiger partial charge < -0.3 is 4.74 Å². The summed E-state index contributed by atoms with van der Waals surface area (Å²) in [5, 5.41) is 0. The molecule has 0 N–H and O–H groups in total. The van der Waals surface area contributed by atoms with Crippen molar-refractivity contribution in [1.29, 1.82) is 0 Å². The second-order valence-electron chi connectivity index (χ2n) is 5.81. The minimum absolute atomic E-state index is 0.115. The van der Waals surface area contributed by atoms with Crippen LogP contribution in [-0.4, -0.2) is 18.5 Å². The summed E-state index contributed by atoms with van der Waals surface area (Å²) >= 11 is 0. The molecule has 0 amide bonds. The van der Waals surface area contributed by atoms with Gasteiger partial charge in [-0.05, 0) is 30.9 Å².